The summed E-state index contributed by atoms with van der Waals surface area (Å²) in [5.74, 6) is 0.214. The van der Waals surface area contributed by atoms with Gasteiger partial charge in [-0.05, 0) is 37.7 Å². The zero-order valence-corrected chi connectivity index (χ0v) is 20.5. The van der Waals surface area contributed by atoms with Crippen LogP contribution in [0.1, 0.15) is 94.3 Å². The van der Waals surface area contributed by atoms with Gasteiger partial charge in [0.25, 0.3) is 0 Å². The molecule has 180 valence electrons. The number of unbranched alkanes of at least 4 members (excludes halogenated alkanes) is 10. The highest BCUT2D eigenvalue weighted by Crippen LogP contribution is 2.14. The highest BCUT2D eigenvalue weighted by Gasteiger charge is 2.17. The van der Waals surface area contributed by atoms with Crippen molar-refractivity contribution in [1.82, 2.24) is 9.80 Å². The van der Waals surface area contributed by atoms with Crippen LogP contribution in [0.2, 0.25) is 0 Å². The lowest BCUT2D eigenvalue weighted by Crippen LogP contribution is -2.46. The number of hydrogen-bond donors (Lipinski definition) is 1. The zero-order chi connectivity index (χ0) is 23.0. The number of hydrogen-bond acceptors (Lipinski definition) is 4. The summed E-state index contributed by atoms with van der Waals surface area (Å²) in [7, 11) is 2.11. The van der Waals surface area contributed by atoms with Crippen LogP contribution >= 0.6 is 0 Å². The van der Waals surface area contributed by atoms with Gasteiger partial charge >= 0.3 is 0 Å². The predicted molar refractivity (Wildman–Crippen MR) is 134 cm³/mol. The second-order valence-corrected chi connectivity index (χ2v) is 9.41. The van der Waals surface area contributed by atoms with E-state index in [0.29, 0.717) is 18.5 Å². The Bertz CT molecular complexity index is 651. The van der Waals surface area contributed by atoms with Gasteiger partial charge in [0.2, 0.25) is 5.91 Å². The summed E-state index contributed by atoms with van der Waals surface area (Å²) >= 11 is 0. The Balaban J connectivity index is 1.53. The van der Waals surface area contributed by atoms with E-state index in [0.717, 1.165) is 44.7 Å². The number of ketones is 1. The van der Waals surface area contributed by atoms with Crippen molar-refractivity contribution in [2.45, 2.75) is 84.0 Å². The molecule has 1 saturated heterocycles. The molecule has 5 nitrogen and oxygen atoms in total. The van der Waals surface area contributed by atoms with Crippen molar-refractivity contribution in [2.75, 3.05) is 45.1 Å². The van der Waals surface area contributed by atoms with Crippen LogP contribution in [0.3, 0.4) is 0 Å². The molecule has 1 heterocycles. The maximum atomic E-state index is 12.5. The maximum Gasteiger partial charge on any atom is 0.224 e. The largest absolute Gasteiger partial charge is 0.326 e. The third-order valence-electron chi connectivity index (χ3n) is 6.46. The Morgan fingerprint density at radius 2 is 1.31 bits per heavy atom. The third kappa shape index (κ3) is 11.2. The smallest absolute Gasteiger partial charge is 0.224 e. The summed E-state index contributed by atoms with van der Waals surface area (Å²) in [4.78, 5) is 29.2. The summed E-state index contributed by atoms with van der Waals surface area (Å²) < 4.78 is 0. The lowest BCUT2D eigenvalue weighted by Gasteiger charge is -2.31. The van der Waals surface area contributed by atoms with Crippen molar-refractivity contribution >= 4 is 17.4 Å². The van der Waals surface area contributed by atoms with E-state index in [9.17, 15) is 9.59 Å². The molecule has 1 aromatic rings. The number of likely N-dealkylation sites (N-methyl/N-ethyl adjacent to an activating group) is 1. The Morgan fingerprint density at radius 3 is 1.88 bits per heavy atom. The van der Waals surface area contributed by atoms with Gasteiger partial charge in [0.05, 0.1) is 6.54 Å². The maximum absolute atomic E-state index is 12.5. The van der Waals surface area contributed by atoms with Crippen LogP contribution in [0.4, 0.5) is 5.69 Å². The molecule has 0 unspecified atom stereocenters. The molecule has 1 aliphatic heterocycles. The van der Waals surface area contributed by atoms with E-state index in [-0.39, 0.29) is 11.7 Å². The summed E-state index contributed by atoms with van der Waals surface area (Å²) in [5, 5.41) is 2.96. The minimum atomic E-state index is 0.0671. The van der Waals surface area contributed by atoms with Gasteiger partial charge in [0.15, 0.2) is 5.78 Å². The molecule has 0 radical (unpaired) electrons. The minimum Gasteiger partial charge on any atom is -0.326 e. The number of piperazine rings is 1. The molecule has 0 saturated carbocycles. The molecule has 0 aromatic heterocycles. The predicted octanol–water partition coefficient (Wildman–Crippen LogP) is 5.76. The number of amides is 1. The number of nitrogens with zero attached hydrogens (tertiary/aromatic N) is 2. The standard InChI is InChI=1S/C27H45N3O2/c1-3-4-5-6-7-8-9-10-11-12-13-14-27(32)28-25-17-15-24(16-18-25)26(31)23-30-21-19-29(2)20-22-30/h15-18H,3-14,19-23H2,1-2H3,(H,28,32). The van der Waals surface area contributed by atoms with Gasteiger partial charge < -0.3 is 10.2 Å². The average molecular weight is 444 g/mol. The van der Waals surface area contributed by atoms with Crippen LogP contribution in [0, 0.1) is 0 Å². The summed E-state index contributed by atoms with van der Waals surface area (Å²) in [5.41, 5.74) is 1.49. The van der Waals surface area contributed by atoms with E-state index in [1.54, 1.807) is 0 Å². The normalized spacial score (nSPS) is 15.1. The molecule has 1 amide bonds. The van der Waals surface area contributed by atoms with E-state index in [2.05, 4.69) is 29.1 Å². The first-order valence-electron chi connectivity index (χ1n) is 12.9. The quantitative estimate of drug-likeness (QED) is 0.261. The molecule has 5 heteroatoms. The third-order valence-corrected chi connectivity index (χ3v) is 6.46. The Hall–Kier alpha value is -1.72. The summed E-state index contributed by atoms with van der Waals surface area (Å²) in [6.07, 6.45) is 14.7. The van der Waals surface area contributed by atoms with Crippen molar-refractivity contribution in [2.24, 2.45) is 0 Å². The van der Waals surface area contributed by atoms with Gasteiger partial charge in [0, 0.05) is 43.9 Å². The van der Waals surface area contributed by atoms with Crippen LogP contribution in [0.5, 0.6) is 0 Å². The number of Topliss-reactive ketones (excluding diaryl/α,β-unsaturated/α-hetero) is 1. The molecule has 1 fully saturated rings. The highest BCUT2D eigenvalue weighted by atomic mass is 16.1. The Kier molecular flexibility index (Phi) is 13.2. The molecule has 0 atom stereocenters. The van der Waals surface area contributed by atoms with E-state index in [4.69, 9.17) is 0 Å². The number of carbonyl (C=O) groups excluding carboxylic acids is 2. The van der Waals surface area contributed by atoms with Crippen molar-refractivity contribution < 1.29 is 9.59 Å². The number of nitrogens with one attached hydrogen (secondary N) is 1. The molecule has 1 aliphatic rings. The minimum absolute atomic E-state index is 0.0671. The van der Waals surface area contributed by atoms with Gasteiger partial charge in [-0.1, -0.05) is 71.1 Å². The lowest BCUT2D eigenvalue weighted by atomic mass is 10.1. The fourth-order valence-corrected chi connectivity index (χ4v) is 4.21. The van der Waals surface area contributed by atoms with Crippen molar-refractivity contribution in [3.05, 3.63) is 29.8 Å². The molecule has 2 rings (SSSR count). The highest BCUT2D eigenvalue weighted by molar-refractivity contribution is 5.98. The van der Waals surface area contributed by atoms with E-state index in [1.165, 1.54) is 57.8 Å². The summed E-state index contributed by atoms with van der Waals surface area (Å²) in [6, 6.07) is 7.35. The SMILES string of the molecule is CCCCCCCCCCCCCC(=O)Nc1ccc(C(=O)CN2CCN(C)CC2)cc1. The van der Waals surface area contributed by atoms with Crippen LogP contribution in [0.25, 0.3) is 0 Å². The number of benzene rings is 1. The van der Waals surface area contributed by atoms with Gasteiger partial charge in [-0.3, -0.25) is 14.5 Å². The number of rotatable bonds is 16. The fraction of sp³-hybridized carbons (Fsp3) is 0.704. The Morgan fingerprint density at radius 1 is 0.781 bits per heavy atom. The molecule has 0 bridgehead atoms. The molecule has 0 aliphatic carbocycles. The molecule has 1 N–H and O–H groups in total. The van der Waals surface area contributed by atoms with Crippen LogP contribution in [-0.4, -0.2) is 61.3 Å². The number of anilines is 1. The van der Waals surface area contributed by atoms with Gasteiger partial charge in [-0.15, -0.1) is 0 Å². The first-order chi connectivity index (χ1) is 15.6. The van der Waals surface area contributed by atoms with Gasteiger partial charge in [-0.25, -0.2) is 0 Å². The van der Waals surface area contributed by atoms with Crippen molar-refractivity contribution in [3.63, 3.8) is 0 Å². The molecule has 32 heavy (non-hydrogen) atoms. The topological polar surface area (TPSA) is 52.7 Å². The molecular weight excluding hydrogens is 398 g/mol. The number of carbonyl (C=O) groups is 2. The van der Waals surface area contributed by atoms with Gasteiger partial charge in [-0.2, -0.15) is 0 Å². The van der Waals surface area contributed by atoms with Crippen LogP contribution < -0.4 is 5.32 Å². The second kappa shape index (κ2) is 16.0. The Labute approximate surface area is 195 Å². The van der Waals surface area contributed by atoms with Crippen LogP contribution in [0.15, 0.2) is 24.3 Å². The fourth-order valence-electron chi connectivity index (χ4n) is 4.21. The monoisotopic (exact) mass is 443 g/mol. The molecule has 1 aromatic carbocycles. The van der Waals surface area contributed by atoms with Crippen molar-refractivity contribution in [3.8, 4) is 0 Å². The zero-order valence-electron chi connectivity index (χ0n) is 20.5. The first-order valence-corrected chi connectivity index (χ1v) is 12.9. The molecular formula is C27H45N3O2. The summed E-state index contributed by atoms with van der Waals surface area (Å²) in [6.45, 7) is 6.63. The molecule has 0 spiro atoms. The van der Waals surface area contributed by atoms with E-state index >= 15 is 0 Å². The average Bonchev–Trinajstić information content (AvgIpc) is 2.79. The first kappa shape index (κ1) is 26.5. The van der Waals surface area contributed by atoms with E-state index < -0.39 is 0 Å². The van der Waals surface area contributed by atoms with E-state index in [1.807, 2.05) is 24.3 Å². The lowest BCUT2D eigenvalue weighted by molar-refractivity contribution is -0.116. The van der Waals surface area contributed by atoms with Crippen LogP contribution in [-0.2, 0) is 4.79 Å². The van der Waals surface area contributed by atoms with Gasteiger partial charge in [0.1, 0.15) is 0 Å². The van der Waals surface area contributed by atoms with Crippen molar-refractivity contribution in [1.29, 1.82) is 0 Å². The second-order valence-electron chi connectivity index (χ2n) is 9.41.